The van der Waals surface area contributed by atoms with Gasteiger partial charge >= 0.3 is 5.97 Å². The number of aromatic nitrogens is 3. The molecule has 0 bridgehead atoms. The number of ether oxygens (including phenoxy) is 1. The predicted octanol–water partition coefficient (Wildman–Crippen LogP) is 3.80. The summed E-state index contributed by atoms with van der Waals surface area (Å²) in [5.41, 5.74) is 1.57. The fourth-order valence-corrected chi connectivity index (χ4v) is 3.85. The first kappa shape index (κ1) is 19.7. The Labute approximate surface area is 173 Å². The van der Waals surface area contributed by atoms with E-state index in [1.54, 1.807) is 13.0 Å². The van der Waals surface area contributed by atoms with E-state index < -0.39 is 0 Å². The van der Waals surface area contributed by atoms with Crippen LogP contribution in [0.15, 0.2) is 35.5 Å². The normalized spacial score (nSPS) is 16.2. The van der Waals surface area contributed by atoms with Crippen LogP contribution in [0, 0.1) is 0 Å². The quantitative estimate of drug-likeness (QED) is 0.383. The van der Waals surface area contributed by atoms with E-state index in [1.165, 1.54) is 43.5 Å². The third-order valence-electron chi connectivity index (χ3n) is 4.77. The fourth-order valence-electron chi connectivity index (χ4n) is 3.04. The molecule has 1 N–H and O–H groups in total. The zero-order valence-electron chi connectivity index (χ0n) is 16.3. The standard InChI is InChI=1S/C21H24N4O3S/c1-2-28-19(27)12-5-14-3-8-16(9-4-14)22-18(26)13-29-21-24-23-20(15-6-7-15)25(21)17-10-11-17/h3-5,8-9,12,15,17H,2,6-7,10-11,13H2,1H3,(H,22,26)/b12-5+. The second-order valence-electron chi connectivity index (χ2n) is 7.26. The summed E-state index contributed by atoms with van der Waals surface area (Å²) in [6.45, 7) is 2.12. The average Bonchev–Trinajstić information content (AvgIpc) is 3.65. The van der Waals surface area contributed by atoms with Gasteiger partial charge in [-0.25, -0.2) is 4.79 Å². The molecule has 1 amide bonds. The highest BCUT2D eigenvalue weighted by atomic mass is 32.2. The molecule has 0 aliphatic heterocycles. The lowest BCUT2D eigenvalue weighted by Gasteiger charge is -2.08. The molecule has 2 fully saturated rings. The Bertz CT molecular complexity index is 915. The number of carbonyl (C=O) groups is 2. The maximum Gasteiger partial charge on any atom is 0.330 e. The molecule has 1 aromatic carbocycles. The molecule has 2 aliphatic rings. The first-order chi connectivity index (χ1) is 14.1. The molecule has 4 rings (SSSR count). The van der Waals surface area contributed by atoms with E-state index in [-0.39, 0.29) is 11.9 Å². The molecule has 0 spiro atoms. The van der Waals surface area contributed by atoms with Crippen LogP contribution in [0.4, 0.5) is 5.69 Å². The van der Waals surface area contributed by atoms with Gasteiger partial charge in [0.25, 0.3) is 0 Å². The number of hydrogen-bond acceptors (Lipinski definition) is 6. The van der Waals surface area contributed by atoms with Gasteiger partial charge in [0, 0.05) is 23.7 Å². The van der Waals surface area contributed by atoms with Gasteiger partial charge in [-0.05, 0) is 56.4 Å². The number of nitrogens with one attached hydrogen (secondary N) is 1. The van der Waals surface area contributed by atoms with Crippen molar-refractivity contribution in [2.75, 3.05) is 17.7 Å². The third kappa shape index (κ3) is 5.26. The summed E-state index contributed by atoms with van der Waals surface area (Å²) in [7, 11) is 0. The molecule has 1 heterocycles. The van der Waals surface area contributed by atoms with Gasteiger partial charge < -0.3 is 14.6 Å². The molecule has 2 aromatic rings. The van der Waals surface area contributed by atoms with Crippen LogP contribution in [0.3, 0.4) is 0 Å². The first-order valence-corrected chi connectivity index (χ1v) is 10.9. The van der Waals surface area contributed by atoms with Crippen molar-refractivity contribution < 1.29 is 14.3 Å². The topological polar surface area (TPSA) is 86.1 Å². The van der Waals surface area contributed by atoms with Crippen LogP contribution in [0.25, 0.3) is 6.08 Å². The van der Waals surface area contributed by atoms with Gasteiger partial charge in [0.2, 0.25) is 5.91 Å². The van der Waals surface area contributed by atoms with E-state index in [2.05, 4.69) is 20.1 Å². The van der Waals surface area contributed by atoms with Gasteiger partial charge in [-0.2, -0.15) is 0 Å². The average molecular weight is 413 g/mol. The van der Waals surface area contributed by atoms with Crippen LogP contribution in [0.1, 0.15) is 56.0 Å². The summed E-state index contributed by atoms with van der Waals surface area (Å²) in [4.78, 5) is 23.7. The van der Waals surface area contributed by atoms with Crippen LogP contribution < -0.4 is 5.32 Å². The molecular weight excluding hydrogens is 388 g/mol. The molecule has 8 heteroatoms. The van der Waals surface area contributed by atoms with Crippen molar-refractivity contribution in [3.63, 3.8) is 0 Å². The summed E-state index contributed by atoms with van der Waals surface area (Å²) in [5, 5.41) is 12.4. The van der Waals surface area contributed by atoms with Crippen molar-refractivity contribution in [3.05, 3.63) is 41.7 Å². The Kier molecular flexibility index (Phi) is 5.99. The first-order valence-electron chi connectivity index (χ1n) is 9.96. The fraction of sp³-hybridized carbons (Fsp3) is 0.429. The minimum absolute atomic E-state index is 0.0804. The Hall–Kier alpha value is -2.61. The summed E-state index contributed by atoms with van der Waals surface area (Å²) in [6.07, 6.45) is 7.81. The van der Waals surface area contributed by atoms with Crippen molar-refractivity contribution in [1.29, 1.82) is 0 Å². The second kappa shape index (κ2) is 8.82. The zero-order chi connectivity index (χ0) is 20.2. The summed E-state index contributed by atoms with van der Waals surface area (Å²) in [5.74, 6) is 1.50. The zero-order valence-corrected chi connectivity index (χ0v) is 17.2. The van der Waals surface area contributed by atoms with E-state index in [1.807, 2.05) is 24.3 Å². The minimum Gasteiger partial charge on any atom is -0.463 e. The van der Waals surface area contributed by atoms with Crippen molar-refractivity contribution in [2.45, 2.75) is 49.7 Å². The van der Waals surface area contributed by atoms with Gasteiger partial charge in [0.15, 0.2) is 5.16 Å². The number of benzene rings is 1. The highest BCUT2D eigenvalue weighted by molar-refractivity contribution is 7.99. The number of rotatable bonds is 9. The smallest absolute Gasteiger partial charge is 0.330 e. The number of thioether (sulfide) groups is 1. The van der Waals surface area contributed by atoms with Crippen LogP contribution in [-0.4, -0.2) is 39.0 Å². The highest BCUT2D eigenvalue weighted by Gasteiger charge is 2.36. The minimum atomic E-state index is -0.370. The molecule has 0 radical (unpaired) electrons. The molecule has 29 heavy (non-hydrogen) atoms. The predicted molar refractivity (Wildman–Crippen MR) is 112 cm³/mol. The van der Waals surface area contributed by atoms with Gasteiger partial charge in [0.05, 0.1) is 12.4 Å². The molecule has 2 aliphatic carbocycles. The van der Waals surface area contributed by atoms with E-state index in [0.29, 0.717) is 30.0 Å². The van der Waals surface area contributed by atoms with Crippen molar-refractivity contribution in [3.8, 4) is 0 Å². The van der Waals surface area contributed by atoms with E-state index >= 15 is 0 Å². The molecule has 0 saturated heterocycles. The van der Waals surface area contributed by atoms with Crippen molar-refractivity contribution in [2.24, 2.45) is 0 Å². The lowest BCUT2D eigenvalue weighted by atomic mass is 10.2. The maximum absolute atomic E-state index is 12.3. The molecule has 0 atom stereocenters. The number of esters is 1. The SMILES string of the molecule is CCOC(=O)/C=C/c1ccc(NC(=O)CSc2nnc(C3CC3)n2C2CC2)cc1. The Morgan fingerprint density at radius 3 is 2.62 bits per heavy atom. The second-order valence-corrected chi connectivity index (χ2v) is 8.20. The third-order valence-corrected chi connectivity index (χ3v) is 5.71. The Morgan fingerprint density at radius 2 is 1.97 bits per heavy atom. The molecule has 2 saturated carbocycles. The number of amides is 1. The highest BCUT2D eigenvalue weighted by Crippen LogP contribution is 2.45. The van der Waals surface area contributed by atoms with Gasteiger partial charge in [-0.15, -0.1) is 10.2 Å². The molecule has 7 nitrogen and oxygen atoms in total. The molecular formula is C21H24N4O3S. The van der Waals surface area contributed by atoms with Crippen LogP contribution in [0.5, 0.6) is 0 Å². The maximum atomic E-state index is 12.3. The van der Waals surface area contributed by atoms with Crippen molar-refractivity contribution >= 4 is 35.4 Å². The Balaban J connectivity index is 1.29. The van der Waals surface area contributed by atoms with E-state index in [9.17, 15) is 9.59 Å². The number of anilines is 1. The van der Waals surface area contributed by atoms with Crippen molar-refractivity contribution in [1.82, 2.24) is 14.8 Å². The lowest BCUT2D eigenvalue weighted by molar-refractivity contribution is -0.137. The number of hydrogen-bond donors (Lipinski definition) is 1. The monoisotopic (exact) mass is 412 g/mol. The number of nitrogens with zero attached hydrogens (tertiary/aromatic N) is 3. The largest absolute Gasteiger partial charge is 0.463 e. The van der Waals surface area contributed by atoms with Gasteiger partial charge in [0.1, 0.15) is 5.82 Å². The van der Waals surface area contributed by atoms with Crippen LogP contribution in [-0.2, 0) is 14.3 Å². The molecule has 0 unspecified atom stereocenters. The lowest BCUT2D eigenvalue weighted by Crippen LogP contribution is -2.14. The van der Waals surface area contributed by atoms with E-state index in [4.69, 9.17) is 4.74 Å². The summed E-state index contributed by atoms with van der Waals surface area (Å²) < 4.78 is 7.10. The molecule has 1 aromatic heterocycles. The van der Waals surface area contributed by atoms with Crippen LogP contribution in [0.2, 0.25) is 0 Å². The summed E-state index contributed by atoms with van der Waals surface area (Å²) >= 11 is 1.44. The van der Waals surface area contributed by atoms with E-state index in [0.717, 1.165) is 16.5 Å². The van der Waals surface area contributed by atoms with Crippen LogP contribution >= 0.6 is 11.8 Å². The van der Waals surface area contributed by atoms with Gasteiger partial charge in [-0.1, -0.05) is 23.9 Å². The number of carbonyl (C=O) groups excluding carboxylic acids is 2. The summed E-state index contributed by atoms with van der Waals surface area (Å²) in [6, 6.07) is 7.81. The molecule has 152 valence electrons. The van der Waals surface area contributed by atoms with Gasteiger partial charge in [-0.3, -0.25) is 4.79 Å². The Morgan fingerprint density at radius 1 is 1.21 bits per heavy atom.